The van der Waals surface area contributed by atoms with Crippen LogP contribution in [0.2, 0.25) is 5.02 Å². The summed E-state index contributed by atoms with van der Waals surface area (Å²) in [4.78, 5) is 28.7. The highest BCUT2D eigenvalue weighted by Crippen LogP contribution is 2.22. The van der Waals surface area contributed by atoms with E-state index in [1.165, 1.54) is 31.1 Å². The van der Waals surface area contributed by atoms with Crippen molar-refractivity contribution in [3.05, 3.63) is 101 Å². The van der Waals surface area contributed by atoms with Crippen LogP contribution in [0.3, 0.4) is 0 Å². The molecule has 0 fully saturated rings. The summed E-state index contributed by atoms with van der Waals surface area (Å²) < 4.78 is 42.0. The molecule has 1 atom stereocenters. The molecule has 3 aromatic rings. The Kier molecular flexibility index (Phi) is 10.4. The molecule has 0 bridgehead atoms. The molecule has 1 N–H and O–H groups in total. The van der Waals surface area contributed by atoms with Crippen LogP contribution < -0.4 is 9.62 Å². The van der Waals surface area contributed by atoms with Crippen molar-refractivity contribution in [3.63, 3.8) is 0 Å². The maximum absolute atomic E-state index is 14.0. The molecule has 0 saturated carbocycles. The van der Waals surface area contributed by atoms with Crippen molar-refractivity contribution in [3.8, 4) is 0 Å². The molecule has 8 nitrogen and oxygen atoms in total. The number of halogens is 2. The summed E-state index contributed by atoms with van der Waals surface area (Å²) in [6.07, 6.45) is 0.211. The molecule has 0 unspecified atom stereocenters. The largest absolute Gasteiger partial charge is 0.355 e. The third-order valence-corrected chi connectivity index (χ3v) is 8.09. The Balaban J connectivity index is 2.06. The Morgan fingerprint density at radius 3 is 2.10 bits per heavy atom. The van der Waals surface area contributed by atoms with Crippen LogP contribution >= 0.6 is 11.6 Å². The number of anilines is 1. The molecule has 2 amide bonds. The highest BCUT2D eigenvalue weighted by molar-refractivity contribution is 7.90. The van der Waals surface area contributed by atoms with Crippen molar-refractivity contribution in [1.82, 2.24) is 14.5 Å². The second-order valence-corrected chi connectivity index (χ2v) is 11.5. The highest BCUT2D eigenvalue weighted by atomic mass is 35.5. The van der Waals surface area contributed by atoms with Gasteiger partial charge in [-0.3, -0.25) is 9.59 Å². The van der Waals surface area contributed by atoms with Gasteiger partial charge in [0.1, 0.15) is 18.4 Å². The first-order valence-corrected chi connectivity index (χ1v) is 14.1. The SMILES string of the molecule is CCNC(=O)[C@H](Cc1ccccc1)N(Cc1ccc(Cl)cc1)C(=O)CN(c1ccc(F)cc1)S(=O)(=O)N(C)C. The van der Waals surface area contributed by atoms with Crippen molar-refractivity contribution in [2.24, 2.45) is 0 Å². The van der Waals surface area contributed by atoms with Gasteiger partial charge in [-0.15, -0.1) is 0 Å². The molecule has 0 spiro atoms. The second kappa shape index (κ2) is 13.5. The molecule has 3 aromatic carbocycles. The molecule has 0 saturated heterocycles. The molecule has 208 valence electrons. The van der Waals surface area contributed by atoms with Gasteiger partial charge in [0.15, 0.2) is 0 Å². The van der Waals surface area contributed by atoms with E-state index in [4.69, 9.17) is 11.6 Å². The minimum absolute atomic E-state index is 0.0317. The molecule has 0 aliphatic carbocycles. The Morgan fingerprint density at radius 2 is 1.54 bits per heavy atom. The first kappa shape index (κ1) is 30.1. The van der Waals surface area contributed by atoms with Crippen LogP contribution in [-0.2, 0) is 32.8 Å². The zero-order chi connectivity index (χ0) is 28.6. The van der Waals surface area contributed by atoms with E-state index in [0.717, 1.165) is 26.3 Å². The molecular weight excluding hydrogens is 543 g/mol. The first-order valence-electron chi connectivity index (χ1n) is 12.3. The number of nitrogens with zero attached hydrogens (tertiary/aromatic N) is 3. The van der Waals surface area contributed by atoms with Gasteiger partial charge < -0.3 is 10.2 Å². The average Bonchev–Trinajstić information content (AvgIpc) is 2.91. The van der Waals surface area contributed by atoms with E-state index >= 15 is 0 Å². The van der Waals surface area contributed by atoms with Crippen LogP contribution in [0, 0.1) is 5.82 Å². The van der Waals surface area contributed by atoms with Crippen LogP contribution in [0.15, 0.2) is 78.9 Å². The van der Waals surface area contributed by atoms with E-state index in [-0.39, 0.29) is 24.6 Å². The van der Waals surface area contributed by atoms with Crippen molar-refractivity contribution < 1.29 is 22.4 Å². The fourth-order valence-electron chi connectivity index (χ4n) is 3.96. The third-order valence-electron chi connectivity index (χ3n) is 6.02. The topological polar surface area (TPSA) is 90.0 Å². The summed E-state index contributed by atoms with van der Waals surface area (Å²) in [7, 11) is -1.46. The Morgan fingerprint density at radius 1 is 0.923 bits per heavy atom. The molecule has 11 heteroatoms. The van der Waals surface area contributed by atoms with E-state index in [2.05, 4.69) is 5.32 Å². The third kappa shape index (κ3) is 8.01. The van der Waals surface area contributed by atoms with Crippen LogP contribution in [0.4, 0.5) is 10.1 Å². The number of carbonyl (C=O) groups is 2. The van der Waals surface area contributed by atoms with Gasteiger partial charge in [-0.1, -0.05) is 54.1 Å². The molecule has 0 aliphatic heterocycles. The predicted molar refractivity (Wildman–Crippen MR) is 151 cm³/mol. The van der Waals surface area contributed by atoms with E-state index in [1.54, 1.807) is 31.2 Å². The van der Waals surface area contributed by atoms with Crippen LogP contribution in [0.25, 0.3) is 0 Å². The molecule has 3 rings (SSSR count). The van der Waals surface area contributed by atoms with Gasteiger partial charge in [0, 0.05) is 38.6 Å². The van der Waals surface area contributed by atoms with E-state index in [1.807, 2.05) is 30.3 Å². The predicted octanol–water partition coefficient (Wildman–Crippen LogP) is 3.87. The van der Waals surface area contributed by atoms with E-state index < -0.39 is 34.5 Å². The summed E-state index contributed by atoms with van der Waals surface area (Å²) >= 11 is 6.05. The Bertz CT molecular complexity index is 1350. The standard InChI is InChI=1S/C28H32ClFN4O4S/c1-4-31-28(36)26(18-21-8-6-5-7-9-21)33(19-22-10-12-23(29)13-11-22)27(35)20-34(39(37,38)32(2)3)25-16-14-24(30)15-17-25/h5-17,26H,4,18-20H2,1-3H3,(H,31,36)/t26-/m0/s1. The maximum atomic E-state index is 14.0. The number of hydrogen-bond donors (Lipinski definition) is 1. The summed E-state index contributed by atoms with van der Waals surface area (Å²) in [6.45, 7) is 1.56. The van der Waals surface area contributed by atoms with Gasteiger partial charge in [0.2, 0.25) is 11.8 Å². The first-order chi connectivity index (χ1) is 18.5. The number of nitrogens with one attached hydrogen (secondary N) is 1. The molecule has 39 heavy (non-hydrogen) atoms. The van der Waals surface area contributed by atoms with Crippen molar-refractivity contribution in [1.29, 1.82) is 0 Å². The van der Waals surface area contributed by atoms with Crippen LogP contribution in [-0.4, -0.2) is 62.7 Å². The summed E-state index contributed by atoms with van der Waals surface area (Å²) in [6, 6.07) is 20.0. The lowest BCUT2D eigenvalue weighted by molar-refractivity contribution is -0.140. The monoisotopic (exact) mass is 574 g/mol. The lowest BCUT2D eigenvalue weighted by Gasteiger charge is -2.34. The number of benzene rings is 3. The number of carbonyl (C=O) groups excluding carboxylic acids is 2. The van der Waals surface area contributed by atoms with Crippen LogP contribution in [0.5, 0.6) is 0 Å². The fourth-order valence-corrected chi connectivity index (χ4v) is 5.14. The van der Waals surface area contributed by atoms with Gasteiger partial charge in [-0.25, -0.2) is 8.70 Å². The second-order valence-electron chi connectivity index (χ2n) is 9.02. The number of rotatable bonds is 12. The molecule has 0 heterocycles. The lowest BCUT2D eigenvalue weighted by Crippen LogP contribution is -2.54. The van der Waals surface area contributed by atoms with Crippen molar-refractivity contribution in [2.45, 2.75) is 25.9 Å². The van der Waals surface area contributed by atoms with Crippen LogP contribution in [0.1, 0.15) is 18.1 Å². The van der Waals surface area contributed by atoms with Gasteiger partial charge in [-0.05, 0) is 54.4 Å². The molecular formula is C28H32ClFN4O4S. The Hall–Kier alpha value is -3.47. The lowest BCUT2D eigenvalue weighted by atomic mass is 10.0. The zero-order valence-corrected chi connectivity index (χ0v) is 23.6. The van der Waals surface area contributed by atoms with E-state index in [0.29, 0.717) is 17.1 Å². The van der Waals surface area contributed by atoms with Gasteiger partial charge >= 0.3 is 10.2 Å². The highest BCUT2D eigenvalue weighted by Gasteiger charge is 2.34. The van der Waals surface area contributed by atoms with Gasteiger partial charge in [0.25, 0.3) is 0 Å². The smallest absolute Gasteiger partial charge is 0.304 e. The molecule has 0 aliphatic rings. The van der Waals surface area contributed by atoms with Crippen molar-refractivity contribution >= 4 is 39.3 Å². The maximum Gasteiger partial charge on any atom is 0.304 e. The zero-order valence-electron chi connectivity index (χ0n) is 22.1. The quantitative estimate of drug-likeness (QED) is 0.356. The minimum atomic E-state index is -4.15. The molecule has 0 radical (unpaired) electrons. The van der Waals surface area contributed by atoms with E-state index in [9.17, 15) is 22.4 Å². The summed E-state index contributed by atoms with van der Waals surface area (Å²) in [5.74, 6) is -1.52. The van der Waals surface area contributed by atoms with Crippen molar-refractivity contribution in [2.75, 3.05) is 31.5 Å². The summed E-state index contributed by atoms with van der Waals surface area (Å²) in [5, 5.41) is 3.31. The Labute approximate surface area is 234 Å². The normalized spacial score (nSPS) is 12.2. The van der Waals surface area contributed by atoms with Gasteiger partial charge in [-0.2, -0.15) is 12.7 Å². The molecule has 0 aromatic heterocycles. The number of amides is 2. The minimum Gasteiger partial charge on any atom is -0.355 e. The van der Waals surface area contributed by atoms with Gasteiger partial charge in [0.05, 0.1) is 5.69 Å². The summed E-state index contributed by atoms with van der Waals surface area (Å²) in [5.41, 5.74) is 1.65. The number of likely N-dealkylation sites (N-methyl/N-ethyl adjacent to an activating group) is 1. The number of hydrogen-bond acceptors (Lipinski definition) is 4. The fraction of sp³-hybridized carbons (Fsp3) is 0.286. The average molecular weight is 575 g/mol.